The van der Waals surface area contributed by atoms with E-state index in [0.29, 0.717) is 0 Å². The van der Waals surface area contributed by atoms with Crippen LogP contribution in [0.25, 0.3) is 10.6 Å². The SMILES string of the molecule is CNc1sc(-c2ccn[nH]2)c2c1C(=O)NC(Cc1ccccc1)C2. The van der Waals surface area contributed by atoms with Gasteiger partial charge < -0.3 is 10.6 Å². The van der Waals surface area contributed by atoms with Crippen LogP contribution in [-0.2, 0) is 12.8 Å². The van der Waals surface area contributed by atoms with Crippen molar-refractivity contribution in [3.8, 4) is 10.6 Å². The first-order chi connectivity index (χ1) is 11.8. The van der Waals surface area contributed by atoms with E-state index in [0.717, 1.165) is 39.5 Å². The van der Waals surface area contributed by atoms with Crippen molar-refractivity contribution in [2.75, 3.05) is 12.4 Å². The first-order valence-electron chi connectivity index (χ1n) is 7.94. The second-order valence-electron chi connectivity index (χ2n) is 5.90. The predicted molar refractivity (Wildman–Crippen MR) is 96.6 cm³/mol. The molecule has 0 saturated heterocycles. The van der Waals surface area contributed by atoms with Crippen LogP contribution in [0.5, 0.6) is 0 Å². The molecule has 3 N–H and O–H groups in total. The summed E-state index contributed by atoms with van der Waals surface area (Å²) in [6.45, 7) is 0. The van der Waals surface area contributed by atoms with Crippen LogP contribution in [0.1, 0.15) is 21.5 Å². The molecule has 2 aromatic heterocycles. The third-order valence-electron chi connectivity index (χ3n) is 4.32. The molecule has 1 unspecified atom stereocenters. The minimum atomic E-state index is 0.00328. The Balaban J connectivity index is 1.71. The number of H-pyrrole nitrogens is 1. The van der Waals surface area contributed by atoms with E-state index < -0.39 is 0 Å². The molecule has 4 rings (SSSR count). The molecule has 0 fully saturated rings. The molecule has 0 saturated carbocycles. The number of fused-ring (bicyclic) bond motifs is 1. The van der Waals surface area contributed by atoms with Crippen molar-refractivity contribution in [3.63, 3.8) is 0 Å². The fourth-order valence-electron chi connectivity index (χ4n) is 3.25. The number of carbonyl (C=O) groups excluding carboxylic acids is 1. The summed E-state index contributed by atoms with van der Waals surface area (Å²) in [7, 11) is 1.85. The average Bonchev–Trinajstić information content (AvgIpc) is 3.23. The lowest BCUT2D eigenvalue weighted by molar-refractivity contribution is 0.0927. The largest absolute Gasteiger partial charge is 0.379 e. The number of aromatic amines is 1. The standard InChI is InChI=1S/C18H18N4OS/c1-19-18-15-13(16(24-18)14-7-8-20-22-14)10-12(21-17(15)23)9-11-5-3-2-4-6-11/h2-8,12,19H,9-10H2,1H3,(H,20,22)(H,21,23). The molecule has 5 nitrogen and oxygen atoms in total. The van der Waals surface area contributed by atoms with E-state index in [1.165, 1.54) is 5.56 Å². The molecule has 1 aromatic carbocycles. The predicted octanol–water partition coefficient (Wildman–Crippen LogP) is 3.08. The highest BCUT2D eigenvalue weighted by Gasteiger charge is 2.32. The monoisotopic (exact) mass is 338 g/mol. The van der Waals surface area contributed by atoms with Gasteiger partial charge in [-0.15, -0.1) is 11.3 Å². The van der Waals surface area contributed by atoms with Crippen molar-refractivity contribution in [2.24, 2.45) is 0 Å². The highest BCUT2D eigenvalue weighted by molar-refractivity contribution is 7.20. The number of hydrogen-bond donors (Lipinski definition) is 3. The average molecular weight is 338 g/mol. The molecule has 1 atom stereocenters. The molecule has 0 radical (unpaired) electrons. The van der Waals surface area contributed by atoms with Crippen molar-refractivity contribution >= 4 is 22.2 Å². The van der Waals surface area contributed by atoms with Crippen LogP contribution in [0, 0.1) is 0 Å². The third-order valence-corrected chi connectivity index (χ3v) is 5.60. The second-order valence-corrected chi connectivity index (χ2v) is 6.92. The number of carbonyl (C=O) groups is 1. The molecular formula is C18H18N4OS. The molecular weight excluding hydrogens is 320 g/mol. The third kappa shape index (κ3) is 2.59. The lowest BCUT2D eigenvalue weighted by Gasteiger charge is -2.25. The first-order valence-corrected chi connectivity index (χ1v) is 8.76. The van der Waals surface area contributed by atoms with Crippen LogP contribution < -0.4 is 10.6 Å². The second kappa shape index (κ2) is 6.13. The zero-order valence-corrected chi connectivity index (χ0v) is 14.1. The smallest absolute Gasteiger partial charge is 0.254 e. The molecule has 1 aliphatic heterocycles. The van der Waals surface area contributed by atoms with Crippen LogP contribution in [0.3, 0.4) is 0 Å². The minimum absolute atomic E-state index is 0.00328. The first kappa shape index (κ1) is 15.0. The maximum Gasteiger partial charge on any atom is 0.254 e. The molecule has 3 aromatic rings. The van der Waals surface area contributed by atoms with Crippen LogP contribution in [0.15, 0.2) is 42.6 Å². The zero-order chi connectivity index (χ0) is 16.5. The van der Waals surface area contributed by atoms with Crippen molar-refractivity contribution in [1.82, 2.24) is 15.5 Å². The number of thiophene rings is 1. The van der Waals surface area contributed by atoms with Crippen LogP contribution in [0.4, 0.5) is 5.00 Å². The van der Waals surface area contributed by atoms with Gasteiger partial charge in [-0.2, -0.15) is 5.10 Å². The molecule has 24 heavy (non-hydrogen) atoms. The normalized spacial score (nSPS) is 16.5. The summed E-state index contributed by atoms with van der Waals surface area (Å²) in [5, 5.41) is 14.3. The van der Waals surface area contributed by atoms with Gasteiger partial charge in [0.25, 0.3) is 5.91 Å². The van der Waals surface area contributed by atoms with Gasteiger partial charge in [0.15, 0.2) is 0 Å². The van der Waals surface area contributed by atoms with Gasteiger partial charge in [0.2, 0.25) is 0 Å². The number of aromatic nitrogens is 2. The maximum atomic E-state index is 12.7. The molecule has 0 spiro atoms. The summed E-state index contributed by atoms with van der Waals surface area (Å²) >= 11 is 1.60. The fourth-order valence-corrected chi connectivity index (χ4v) is 4.41. The molecule has 0 aliphatic carbocycles. The Hall–Kier alpha value is -2.60. The van der Waals surface area contributed by atoms with Gasteiger partial charge in [0.1, 0.15) is 5.00 Å². The lowest BCUT2D eigenvalue weighted by Crippen LogP contribution is -2.42. The zero-order valence-electron chi connectivity index (χ0n) is 13.3. The quantitative estimate of drug-likeness (QED) is 0.685. The topological polar surface area (TPSA) is 69.8 Å². The molecule has 0 bridgehead atoms. The van der Waals surface area contributed by atoms with Gasteiger partial charge in [-0.1, -0.05) is 30.3 Å². The molecule has 122 valence electrons. The number of nitrogens with zero attached hydrogens (tertiary/aromatic N) is 1. The van der Waals surface area contributed by atoms with Gasteiger partial charge in [-0.25, -0.2) is 0 Å². The number of anilines is 1. The summed E-state index contributed by atoms with van der Waals surface area (Å²) in [6, 6.07) is 12.3. The number of benzene rings is 1. The number of amides is 1. The van der Waals surface area contributed by atoms with E-state index in [1.54, 1.807) is 17.5 Å². The van der Waals surface area contributed by atoms with E-state index in [9.17, 15) is 4.79 Å². The Labute approximate surface area is 144 Å². The van der Waals surface area contributed by atoms with Gasteiger partial charge in [-0.05, 0) is 30.0 Å². The number of nitrogens with one attached hydrogen (secondary N) is 3. The molecule has 1 amide bonds. The molecule has 6 heteroatoms. The highest BCUT2D eigenvalue weighted by Crippen LogP contribution is 2.41. The number of rotatable bonds is 4. The van der Waals surface area contributed by atoms with E-state index in [-0.39, 0.29) is 11.9 Å². The van der Waals surface area contributed by atoms with E-state index in [1.807, 2.05) is 31.3 Å². The Bertz CT molecular complexity index is 855. The lowest BCUT2D eigenvalue weighted by atomic mass is 9.92. The van der Waals surface area contributed by atoms with Crippen LogP contribution in [0.2, 0.25) is 0 Å². The Morgan fingerprint density at radius 3 is 2.83 bits per heavy atom. The van der Waals surface area contributed by atoms with Crippen LogP contribution in [-0.4, -0.2) is 29.2 Å². The number of hydrogen-bond acceptors (Lipinski definition) is 4. The van der Waals surface area contributed by atoms with E-state index in [4.69, 9.17) is 0 Å². The van der Waals surface area contributed by atoms with Gasteiger partial charge >= 0.3 is 0 Å². The van der Waals surface area contributed by atoms with E-state index in [2.05, 4.69) is 33.0 Å². The molecule has 1 aliphatic rings. The van der Waals surface area contributed by atoms with Crippen molar-refractivity contribution in [1.29, 1.82) is 0 Å². The summed E-state index contributed by atoms with van der Waals surface area (Å²) in [4.78, 5) is 13.8. The molecule has 3 heterocycles. The van der Waals surface area contributed by atoms with Crippen molar-refractivity contribution < 1.29 is 4.79 Å². The Morgan fingerprint density at radius 1 is 1.29 bits per heavy atom. The van der Waals surface area contributed by atoms with Gasteiger partial charge in [-0.3, -0.25) is 9.89 Å². The van der Waals surface area contributed by atoms with Gasteiger partial charge in [0, 0.05) is 19.3 Å². The highest BCUT2D eigenvalue weighted by atomic mass is 32.1. The van der Waals surface area contributed by atoms with Gasteiger partial charge in [0.05, 0.1) is 16.1 Å². The summed E-state index contributed by atoms with van der Waals surface area (Å²) in [5.41, 5.74) is 4.08. The van der Waals surface area contributed by atoms with Crippen molar-refractivity contribution in [2.45, 2.75) is 18.9 Å². The van der Waals surface area contributed by atoms with Crippen LogP contribution >= 0.6 is 11.3 Å². The summed E-state index contributed by atoms with van der Waals surface area (Å²) in [5.74, 6) is 0.00328. The minimum Gasteiger partial charge on any atom is -0.379 e. The summed E-state index contributed by atoms with van der Waals surface area (Å²) < 4.78 is 0. The van der Waals surface area contributed by atoms with E-state index >= 15 is 0 Å². The van der Waals surface area contributed by atoms with Crippen molar-refractivity contribution in [3.05, 3.63) is 59.3 Å². The summed E-state index contributed by atoms with van der Waals surface area (Å²) in [6.07, 6.45) is 3.40. The maximum absolute atomic E-state index is 12.7. The Morgan fingerprint density at radius 2 is 2.12 bits per heavy atom. The fraction of sp³-hybridized carbons (Fsp3) is 0.222. The Kier molecular flexibility index (Phi) is 3.82.